The number of benzene rings is 1. The zero-order chi connectivity index (χ0) is 19.6. The summed E-state index contributed by atoms with van der Waals surface area (Å²) < 4.78 is 38.0. The number of rotatable bonds is 7. The number of anilines is 1. The number of fused-ring (bicyclic) bond motifs is 1. The Kier molecular flexibility index (Phi) is 5.47. The maximum atomic E-state index is 12.6. The van der Waals surface area contributed by atoms with Gasteiger partial charge in [-0.25, -0.2) is 13.1 Å². The molecule has 2 heterocycles. The lowest BCUT2D eigenvalue weighted by Gasteiger charge is -2.28. The van der Waals surface area contributed by atoms with Crippen LogP contribution < -0.4 is 14.4 Å². The van der Waals surface area contributed by atoms with E-state index in [-0.39, 0.29) is 24.0 Å². The monoisotopic (exact) mass is 394 g/mol. The molecule has 27 heavy (non-hydrogen) atoms. The first-order valence-electron chi connectivity index (χ1n) is 8.62. The van der Waals surface area contributed by atoms with Crippen molar-refractivity contribution in [1.82, 2.24) is 14.9 Å². The molecular weight excluding hydrogens is 372 g/mol. The van der Waals surface area contributed by atoms with E-state index >= 15 is 0 Å². The van der Waals surface area contributed by atoms with Crippen molar-refractivity contribution in [2.75, 3.05) is 18.1 Å². The molecule has 0 unspecified atom stereocenters. The standard InChI is InChI=1S/C17H22N4O5S/c1-11(2)6-7-18-27(23,24)13-4-5-15-14(8-13)21(17(22)10-25-15)9-16-19-12(3)26-20-16/h4-5,8,11,18H,6-7,9-10H2,1-3H3. The predicted octanol–water partition coefficient (Wildman–Crippen LogP) is 1.63. The second-order valence-corrected chi connectivity index (χ2v) is 8.47. The molecule has 0 fully saturated rings. The Bertz CT molecular complexity index is 939. The van der Waals surface area contributed by atoms with Crippen LogP contribution in [-0.2, 0) is 21.4 Å². The molecule has 0 bridgehead atoms. The molecule has 1 aliphatic rings. The third-order valence-corrected chi connectivity index (χ3v) is 5.53. The first-order chi connectivity index (χ1) is 12.8. The summed E-state index contributed by atoms with van der Waals surface area (Å²) in [7, 11) is -3.69. The van der Waals surface area contributed by atoms with Crippen molar-refractivity contribution in [2.24, 2.45) is 5.92 Å². The molecule has 9 nitrogen and oxygen atoms in total. The smallest absolute Gasteiger partial charge is 0.265 e. The number of hydrogen-bond donors (Lipinski definition) is 1. The number of carbonyl (C=O) groups is 1. The topological polar surface area (TPSA) is 115 Å². The lowest BCUT2D eigenvalue weighted by Crippen LogP contribution is -2.38. The average Bonchev–Trinajstić information content (AvgIpc) is 3.01. The number of sulfonamides is 1. The van der Waals surface area contributed by atoms with Gasteiger partial charge in [-0.15, -0.1) is 0 Å². The van der Waals surface area contributed by atoms with E-state index in [2.05, 4.69) is 14.9 Å². The molecule has 1 aromatic carbocycles. The van der Waals surface area contributed by atoms with Gasteiger partial charge in [0.25, 0.3) is 5.91 Å². The second kappa shape index (κ2) is 7.65. The van der Waals surface area contributed by atoms with E-state index in [0.717, 1.165) is 6.42 Å². The number of carbonyl (C=O) groups excluding carboxylic acids is 1. The van der Waals surface area contributed by atoms with Gasteiger partial charge in [0.05, 0.1) is 17.1 Å². The van der Waals surface area contributed by atoms with Gasteiger partial charge in [-0.3, -0.25) is 9.69 Å². The minimum Gasteiger partial charge on any atom is -0.482 e. The van der Waals surface area contributed by atoms with Crippen molar-refractivity contribution in [3.8, 4) is 5.75 Å². The predicted molar refractivity (Wildman–Crippen MR) is 96.8 cm³/mol. The Morgan fingerprint density at radius 3 is 2.78 bits per heavy atom. The van der Waals surface area contributed by atoms with Crippen LogP contribution in [0.2, 0.25) is 0 Å². The van der Waals surface area contributed by atoms with Crippen molar-refractivity contribution in [1.29, 1.82) is 0 Å². The fourth-order valence-corrected chi connectivity index (χ4v) is 3.70. The minimum absolute atomic E-state index is 0.0663. The van der Waals surface area contributed by atoms with Gasteiger partial charge in [0, 0.05) is 13.5 Å². The van der Waals surface area contributed by atoms with Crippen LogP contribution in [0, 0.1) is 12.8 Å². The summed E-state index contributed by atoms with van der Waals surface area (Å²) >= 11 is 0. The van der Waals surface area contributed by atoms with Crippen LogP contribution in [-0.4, -0.2) is 37.6 Å². The molecule has 0 radical (unpaired) electrons. The van der Waals surface area contributed by atoms with Crippen LogP contribution in [0.1, 0.15) is 32.0 Å². The summed E-state index contributed by atoms with van der Waals surface area (Å²) in [5.41, 5.74) is 0.362. The summed E-state index contributed by atoms with van der Waals surface area (Å²) in [6.45, 7) is 5.97. The molecule has 10 heteroatoms. The Hall–Kier alpha value is -2.46. The lowest BCUT2D eigenvalue weighted by molar-refractivity contribution is -0.121. The van der Waals surface area contributed by atoms with Gasteiger partial charge in [-0.05, 0) is 30.5 Å². The van der Waals surface area contributed by atoms with Crippen molar-refractivity contribution in [3.63, 3.8) is 0 Å². The molecule has 1 aromatic heterocycles. The number of amides is 1. The Morgan fingerprint density at radius 2 is 2.11 bits per heavy atom. The van der Waals surface area contributed by atoms with E-state index in [1.807, 2.05) is 13.8 Å². The van der Waals surface area contributed by atoms with Crippen molar-refractivity contribution < 1.29 is 22.5 Å². The molecule has 2 aromatic rings. The van der Waals surface area contributed by atoms with Crippen LogP contribution in [0.4, 0.5) is 5.69 Å². The van der Waals surface area contributed by atoms with Gasteiger partial charge >= 0.3 is 0 Å². The van der Waals surface area contributed by atoms with Crippen molar-refractivity contribution in [3.05, 3.63) is 29.9 Å². The molecule has 0 atom stereocenters. The average molecular weight is 394 g/mol. The third-order valence-electron chi connectivity index (χ3n) is 4.07. The molecule has 0 spiro atoms. The Balaban J connectivity index is 1.88. The van der Waals surface area contributed by atoms with Gasteiger partial charge < -0.3 is 9.26 Å². The van der Waals surface area contributed by atoms with E-state index in [1.54, 1.807) is 13.0 Å². The maximum absolute atomic E-state index is 12.6. The Morgan fingerprint density at radius 1 is 1.33 bits per heavy atom. The number of aryl methyl sites for hydroxylation is 1. The highest BCUT2D eigenvalue weighted by atomic mass is 32.2. The van der Waals surface area contributed by atoms with E-state index in [4.69, 9.17) is 9.26 Å². The molecule has 1 amide bonds. The van der Waals surface area contributed by atoms with E-state index in [0.29, 0.717) is 35.6 Å². The molecule has 1 N–H and O–H groups in total. The largest absolute Gasteiger partial charge is 0.482 e. The van der Waals surface area contributed by atoms with Gasteiger partial charge in [0.1, 0.15) is 5.75 Å². The van der Waals surface area contributed by atoms with Gasteiger partial charge in [-0.2, -0.15) is 4.98 Å². The highest BCUT2D eigenvalue weighted by Gasteiger charge is 2.29. The molecular formula is C17H22N4O5S. The van der Waals surface area contributed by atoms with Gasteiger partial charge in [0.15, 0.2) is 12.4 Å². The number of ether oxygens (including phenoxy) is 1. The minimum atomic E-state index is -3.69. The zero-order valence-corrected chi connectivity index (χ0v) is 16.2. The number of aromatic nitrogens is 2. The van der Waals surface area contributed by atoms with E-state index in [1.165, 1.54) is 17.0 Å². The summed E-state index contributed by atoms with van der Waals surface area (Å²) in [6, 6.07) is 4.44. The first kappa shape index (κ1) is 19.3. The highest BCUT2D eigenvalue weighted by Crippen LogP contribution is 2.35. The van der Waals surface area contributed by atoms with Crippen LogP contribution in [0.5, 0.6) is 5.75 Å². The SMILES string of the molecule is Cc1nc(CN2C(=O)COc3ccc(S(=O)(=O)NCCC(C)C)cc32)no1. The quantitative estimate of drug-likeness (QED) is 0.759. The van der Waals surface area contributed by atoms with Crippen LogP contribution >= 0.6 is 0 Å². The van der Waals surface area contributed by atoms with Crippen LogP contribution in [0.15, 0.2) is 27.6 Å². The first-order valence-corrected chi connectivity index (χ1v) is 10.1. The van der Waals surface area contributed by atoms with E-state index in [9.17, 15) is 13.2 Å². The van der Waals surface area contributed by atoms with E-state index < -0.39 is 10.0 Å². The number of hydrogen-bond acceptors (Lipinski definition) is 7. The van der Waals surface area contributed by atoms with Crippen molar-refractivity contribution >= 4 is 21.6 Å². The number of nitrogens with one attached hydrogen (secondary N) is 1. The maximum Gasteiger partial charge on any atom is 0.265 e. The van der Waals surface area contributed by atoms with Crippen LogP contribution in [0.3, 0.4) is 0 Å². The third kappa shape index (κ3) is 4.45. The summed E-state index contributed by atoms with van der Waals surface area (Å²) in [4.78, 5) is 17.9. The second-order valence-electron chi connectivity index (χ2n) is 6.71. The summed E-state index contributed by atoms with van der Waals surface area (Å²) in [6.07, 6.45) is 0.731. The Labute approximate surface area is 157 Å². The van der Waals surface area contributed by atoms with Gasteiger partial charge in [0.2, 0.25) is 15.9 Å². The zero-order valence-electron chi connectivity index (χ0n) is 15.4. The van der Waals surface area contributed by atoms with Crippen molar-refractivity contribution in [2.45, 2.75) is 38.6 Å². The fourth-order valence-electron chi connectivity index (χ4n) is 2.63. The summed E-state index contributed by atoms with van der Waals surface area (Å²) in [5, 5.41) is 3.79. The normalized spacial score (nSPS) is 14.4. The highest BCUT2D eigenvalue weighted by molar-refractivity contribution is 7.89. The molecule has 3 rings (SSSR count). The molecule has 0 saturated heterocycles. The summed E-state index contributed by atoms with van der Waals surface area (Å²) in [5.74, 6) is 1.22. The van der Waals surface area contributed by atoms with Crippen LogP contribution in [0.25, 0.3) is 0 Å². The lowest BCUT2D eigenvalue weighted by atomic mass is 10.1. The molecule has 0 aliphatic carbocycles. The number of nitrogens with zero attached hydrogens (tertiary/aromatic N) is 3. The molecule has 146 valence electrons. The molecule has 0 saturated carbocycles. The molecule has 1 aliphatic heterocycles. The fraction of sp³-hybridized carbons (Fsp3) is 0.471. The van der Waals surface area contributed by atoms with Gasteiger partial charge in [-0.1, -0.05) is 19.0 Å².